The van der Waals surface area contributed by atoms with Gasteiger partial charge >= 0.3 is 0 Å². The fraction of sp³-hybridized carbons (Fsp3) is 0.423. The summed E-state index contributed by atoms with van der Waals surface area (Å²) in [6.45, 7) is 15.6. The van der Waals surface area contributed by atoms with Gasteiger partial charge in [-0.1, -0.05) is 18.9 Å². The molecule has 1 aromatic heterocycles. The molecule has 6 nitrogen and oxygen atoms in total. The molecule has 2 aliphatic heterocycles. The lowest BCUT2D eigenvalue weighted by molar-refractivity contribution is -0.130. The van der Waals surface area contributed by atoms with Crippen molar-refractivity contribution in [1.29, 1.82) is 0 Å². The average Bonchev–Trinajstić information content (AvgIpc) is 3.38. The lowest BCUT2D eigenvalue weighted by Gasteiger charge is -2.34. The van der Waals surface area contributed by atoms with E-state index in [9.17, 15) is 4.79 Å². The number of ether oxygens (including phenoxy) is 1. The number of fused-ring (bicyclic) bond motifs is 1. The Morgan fingerprint density at radius 3 is 2.72 bits per heavy atom. The van der Waals surface area contributed by atoms with Crippen LogP contribution < -0.4 is 10.6 Å². The van der Waals surface area contributed by atoms with Gasteiger partial charge in [-0.3, -0.25) is 4.79 Å². The number of carbonyl (C=O) groups excluding carboxylic acids is 1. The second kappa shape index (κ2) is 8.71. The molecule has 0 unspecified atom stereocenters. The zero-order chi connectivity index (χ0) is 22.9. The minimum atomic E-state index is -0.182. The summed E-state index contributed by atoms with van der Waals surface area (Å²) in [6.07, 6.45) is 9.45. The molecular weight excluding hydrogens is 400 g/mol. The van der Waals surface area contributed by atoms with Crippen LogP contribution in [0, 0.1) is 0 Å². The lowest BCUT2D eigenvalue weighted by atomic mass is 10.0. The Bertz CT molecular complexity index is 1170. The molecule has 1 spiro atoms. The molecule has 2 fully saturated rings. The van der Waals surface area contributed by atoms with Crippen molar-refractivity contribution in [3.63, 3.8) is 0 Å². The number of H-pyrrole nitrogens is 1. The zero-order valence-corrected chi connectivity index (χ0v) is 19.3. The third kappa shape index (κ3) is 4.23. The van der Waals surface area contributed by atoms with Crippen LogP contribution in [0.1, 0.15) is 46.5 Å². The van der Waals surface area contributed by atoms with Crippen LogP contribution in [-0.4, -0.2) is 52.1 Å². The first kappa shape index (κ1) is 22.0. The number of nitrogens with zero attached hydrogens (tertiary/aromatic N) is 3. The van der Waals surface area contributed by atoms with E-state index < -0.39 is 0 Å². The topological polar surface area (TPSA) is 60.9 Å². The Kier molecular flexibility index (Phi) is 5.98. The molecule has 168 valence electrons. The number of amides is 1. The standard InChI is InChI=1S/C26H32N4O2/c1-18(2)23(20(5)32-19(3)4)25(31)30-16-8-15-29(17-26(30)11-12-26)24-21-10-14-27-22(21)9-6-7-13-28-24/h6,10,13-14,27H,1,3,7-8,11-12,15-17H2,2,4-5H3. The van der Waals surface area contributed by atoms with E-state index in [-0.39, 0.29) is 11.4 Å². The molecule has 1 aliphatic carbocycles. The highest BCUT2D eigenvalue weighted by Crippen LogP contribution is 2.45. The van der Waals surface area contributed by atoms with Crippen LogP contribution >= 0.6 is 0 Å². The first-order valence-electron chi connectivity index (χ1n) is 11.2. The molecule has 0 aromatic carbocycles. The van der Waals surface area contributed by atoms with Crippen LogP contribution in [0.25, 0.3) is 11.6 Å². The van der Waals surface area contributed by atoms with E-state index in [0.29, 0.717) is 29.2 Å². The monoisotopic (exact) mass is 432 g/mol. The number of rotatable bonds is 5. The summed E-state index contributed by atoms with van der Waals surface area (Å²) in [5, 5.41) is 2.01. The summed E-state index contributed by atoms with van der Waals surface area (Å²) >= 11 is 0. The maximum absolute atomic E-state index is 13.7. The fourth-order valence-electron chi connectivity index (χ4n) is 4.68. The largest absolute Gasteiger partial charge is 0.466 e. The number of aliphatic imine (C=N–C) groups is 1. The van der Waals surface area contributed by atoms with Crippen LogP contribution in [0.4, 0.5) is 0 Å². The summed E-state index contributed by atoms with van der Waals surface area (Å²) in [5.41, 5.74) is 4.41. The van der Waals surface area contributed by atoms with Gasteiger partial charge in [-0.05, 0) is 57.7 Å². The molecule has 1 N–H and O–H groups in total. The predicted octanol–water partition coefficient (Wildman–Crippen LogP) is 2.96. The second-order valence-electron chi connectivity index (χ2n) is 8.96. The molecular formula is C26H32N4O2. The normalized spacial score (nSPS) is 19.9. The Balaban J connectivity index is 1.69. The predicted molar refractivity (Wildman–Crippen MR) is 128 cm³/mol. The van der Waals surface area contributed by atoms with E-state index >= 15 is 0 Å². The third-order valence-electron chi connectivity index (χ3n) is 6.23. The maximum atomic E-state index is 13.7. The van der Waals surface area contributed by atoms with Gasteiger partial charge in [-0.25, -0.2) is 4.99 Å². The Morgan fingerprint density at radius 2 is 2.03 bits per heavy atom. The number of hydrogen-bond acceptors (Lipinski definition) is 4. The number of carbonyl (C=O) groups is 1. The highest BCUT2D eigenvalue weighted by molar-refractivity contribution is 5.98. The quantitative estimate of drug-likeness (QED) is 0.442. The molecule has 6 heteroatoms. The minimum Gasteiger partial charge on any atom is -0.466 e. The molecule has 1 aromatic rings. The highest BCUT2D eigenvalue weighted by atomic mass is 16.5. The van der Waals surface area contributed by atoms with Crippen LogP contribution in [0.2, 0.25) is 0 Å². The Labute approximate surface area is 189 Å². The van der Waals surface area contributed by atoms with E-state index in [2.05, 4.69) is 39.7 Å². The first-order valence-corrected chi connectivity index (χ1v) is 11.2. The molecule has 1 saturated heterocycles. The number of aromatic amines is 1. The van der Waals surface area contributed by atoms with Crippen molar-refractivity contribution in [3.05, 3.63) is 64.7 Å². The molecule has 0 radical (unpaired) electrons. The number of aromatic nitrogens is 1. The molecule has 0 atom stereocenters. The summed E-state index contributed by atoms with van der Waals surface area (Å²) < 4.78 is 5.71. The van der Waals surface area contributed by atoms with Crippen LogP contribution in [0.5, 0.6) is 0 Å². The van der Waals surface area contributed by atoms with E-state index in [0.717, 1.165) is 55.2 Å². The number of nitrogens with one attached hydrogen (secondary N) is 1. The van der Waals surface area contributed by atoms with Crippen LogP contribution in [-0.2, 0) is 9.53 Å². The van der Waals surface area contributed by atoms with Crippen molar-refractivity contribution in [1.82, 2.24) is 14.8 Å². The van der Waals surface area contributed by atoms with Crippen molar-refractivity contribution in [2.75, 3.05) is 19.6 Å². The van der Waals surface area contributed by atoms with E-state index in [1.807, 2.05) is 32.3 Å². The first-order chi connectivity index (χ1) is 15.3. The molecule has 3 aliphatic rings. The molecule has 1 amide bonds. The van der Waals surface area contributed by atoms with Crippen molar-refractivity contribution < 1.29 is 9.53 Å². The summed E-state index contributed by atoms with van der Waals surface area (Å²) in [7, 11) is 0. The van der Waals surface area contributed by atoms with E-state index in [1.165, 1.54) is 0 Å². The van der Waals surface area contributed by atoms with Crippen molar-refractivity contribution in [2.24, 2.45) is 4.99 Å². The van der Waals surface area contributed by atoms with Crippen molar-refractivity contribution in [3.8, 4) is 0 Å². The van der Waals surface area contributed by atoms with Gasteiger partial charge in [0.2, 0.25) is 0 Å². The number of hydrogen-bond donors (Lipinski definition) is 1. The Morgan fingerprint density at radius 1 is 1.25 bits per heavy atom. The minimum absolute atomic E-state index is 0.000341. The molecule has 3 heterocycles. The lowest BCUT2D eigenvalue weighted by Crippen LogP contribution is -2.47. The average molecular weight is 433 g/mol. The molecule has 32 heavy (non-hydrogen) atoms. The van der Waals surface area contributed by atoms with Crippen molar-refractivity contribution in [2.45, 2.75) is 52.0 Å². The van der Waals surface area contributed by atoms with Gasteiger partial charge in [-0.15, -0.1) is 0 Å². The van der Waals surface area contributed by atoms with E-state index in [4.69, 9.17) is 9.73 Å². The molecule has 1 saturated carbocycles. The molecule has 0 bridgehead atoms. The van der Waals surface area contributed by atoms with Crippen LogP contribution in [0.3, 0.4) is 0 Å². The highest BCUT2D eigenvalue weighted by Gasteiger charge is 2.53. The van der Waals surface area contributed by atoms with Crippen molar-refractivity contribution >= 4 is 23.7 Å². The Hall–Kier alpha value is -3.24. The smallest absolute Gasteiger partial charge is 0.258 e. The van der Waals surface area contributed by atoms with E-state index in [1.54, 1.807) is 6.92 Å². The van der Waals surface area contributed by atoms with Gasteiger partial charge < -0.3 is 19.5 Å². The van der Waals surface area contributed by atoms with Gasteiger partial charge in [0, 0.05) is 38.5 Å². The summed E-state index contributed by atoms with van der Waals surface area (Å²) in [5.74, 6) is 2.08. The second-order valence-corrected chi connectivity index (χ2v) is 8.96. The van der Waals surface area contributed by atoms with Gasteiger partial charge in [-0.2, -0.15) is 0 Å². The third-order valence-corrected chi connectivity index (χ3v) is 6.23. The number of allylic oxidation sites excluding steroid dienone is 3. The molecule has 4 rings (SSSR count). The van der Waals surface area contributed by atoms with Gasteiger partial charge in [0.1, 0.15) is 11.6 Å². The zero-order valence-electron chi connectivity index (χ0n) is 19.3. The summed E-state index contributed by atoms with van der Waals surface area (Å²) in [6, 6.07) is 2.06. The van der Waals surface area contributed by atoms with Gasteiger partial charge in [0.25, 0.3) is 5.91 Å². The SMILES string of the molecule is C=C(C)OC(C)=C(C(=C)C)C(=O)N1CCCN(C2=c3cc[nH]c3=C=CCC=N2)CC12CC2. The fourth-order valence-corrected chi connectivity index (χ4v) is 4.68. The van der Waals surface area contributed by atoms with Gasteiger partial charge in [0.05, 0.1) is 27.4 Å². The maximum Gasteiger partial charge on any atom is 0.258 e. The summed E-state index contributed by atoms with van der Waals surface area (Å²) in [4.78, 5) is 26.2. The van der Waals surface area contributed by atoms with Crippen LogP contribution in [0.15, 0.2) is 59.2 Å². The van der Waals surface area contributed by atoms with Gasteiger partial charge in [0.15, 0.2) is 0 Å².